The molecular formula is C13H19NO. The van der Waals surface area contributed by atoms with E-state index in [0.29, 0.717) is 11.8 Å². The van der Waals surface area contributed by atoms with Crippen LogP contribution in [0.4, 0.5) is 0 Å². The fraction of sp³-hybridized carbons (Fsp3) is 0.846. The lowest BCUT2D eigenvalue weighted by Gasteiger charge is -2.05. The van der Waals surface area contributed by atoms with Crippen molar-refractivity contribution in [1.29, 1.82) is 5.26 Å². The van der Waals surface area contributed by atoms with Gasteiger partial charge in [0.2, 0.25) is 0 Å². The molecule has 15 heavy (non-hydrogen) atoms. The van der Waals surface area contributed by atoms with E-state index in [0.717, 1.165) is 12.8 Å². The Morgan fingerprint density at radius 1 is 1.40 bits per heavy atom. The molecule has 2 nitrogen and oxygen atoms in total. The van der Waals surface area contributed by atoms with E-state index in [-0.39, 0.29) is 17.6 Å². The Kier molecular flexibility index (Phi) is 3.09. The van der Waals surface area contributed by atoms with Gasteiger partial charge in [-0.3, -0.25) is 4.79 Å². The molecule has 2 rings (SSSR count). The number of hydrogen-bond acceptors (Lipinski definition) is 2. The lowest BCUT2D eigenvalue weighted by atomic mass is 9.95. The fourth-order valence-corrected chi connectivity index (χ4v) is 3.21. The van der Waals surface area contributed by atoms with Gasteiger partial charge in [-0.05, 0) is 31.1 Å². The van der Waals surface area contributed by atoms with Crippen LogP contribution in [-0.4, -0.2) is 5.78 Å². The summed E-state index contributed by atoms with van der Waals surface area (Å²) in [6.07, 6.45) is 6.72. The van der Waals surface area contributed by atoms with Crippen LogP contribution >= 0.6 is 0 Å². The molecule has 0 aromatic carbocycles. The smallest absolute Gasteiger partial charge is 0.153 e. The number of carbonyl (C=O) groups excluding carboxylic acids is 1. The van der Waals surface area contributed by atoms with Gasteiger partial charge in [0.1, 0.15) is 5.92 Å². The third-order valence-electron chi connectivity index (χ3n) is 4.06. The highest BCUT2D eigenvalue weighted by molar-refractivity contribution is 5.88. The zero-order chi connectivity index (χ0) is 10.8. The molecule has 3 unspecified atom stereocenters. The topological polar surface area (TPSA) is 40.9 Å². The van der Waals surface area contributed by atoms with Crippen LogP contribution in [0.15, 0.2) is 0 Å². The van der Waals surface area contributed by atoms with Crippen molar-refractivity contribution in [3.05, 3.63) is 0 Å². The average Bonchev–Trinajstić information content (AvgIpc) is 2.99. The fourth-order valence-electron chi connectivity index (χ4n) is 3.21. The van der Waals surface area contributed by atoms with Crippen molar-refractivity contribution in [1.82, 2.24) is 0 Å². The number of carbonyl (C=O) groups is 1. The van der Waals surface area contributed by atoms with Crippen molar-refractivity contribution in [2.75, 3.05) is 0 Å². The summed E-state index contributed by atoms with van der Waals surface area (Å²) in [5.74, 6) is 1.52. The zero-order valence-corrected chi connectivity index (χ0v) is 9.41. The largest absolute Gasteiger partial charge is 0.298 e. The SMILES string of the molecule is CCCC(C#N)C(=O)C1C2CCCCC21. The van der Waals surface area contributed by atoms with E-state index in [9.17, 15) is 4.79 Å². The molecule has 0 amide bonds. The van der Waals surface area contributed by atoms with Gasteiger partial charge in [0.25, 0.3) is 0 Å². The molecular weight excluding hydrogens is 186 g/mol. The van der Waals surface area contributed by atoms with Gasteiger partial charge in [0.05, 0.1) is 6.07 Å². The van der Waals surface area contributed by atoms with Gasteiger partial charge in [0, 0.05) is 5.92 Å². The summed E-state index contributed by atoms with van der Waals surface area (Å²) in [6, 6.07) is 2.18. The van der Waals surface area contributed by atoms with Gasteiger partial charge in [-0.1, -0.05) is 26.2 Å². The van der Waals surface area contributed by atoms with Crippen molar-refractivity contribution >= 4 is 5.78 Å². The summed E-state index contributed by atoms with van der Waals surface area (Å²) in [4.78, 5) is 12.1. The monoisotopic (exact) mass is 205 g/mol. The zero-order valence-electron chi connectivity index (χ0n) is 9.41. The molecule has 0 radical (unpaired) electrons. The molecule has 0 aromatic rings. The van der Waals surface area contributed by atoms with Crippen LogP contribution in [0.25, 0.3) is 0 Å². The second-order valence-electron chi connectivity index (χ2n) is 5.01. The molecule has 0 N–H and O–H groups in total. The highest BCUT2D eigenvalue weighted by Crippen LogP contribution is 2.56. The molecule has 2 saturated carbocycles. The third kappa shape index (κ3) is 1.93. The number of ketones is 1. The molecule has 0 saturated heterocycles. The molecule has 0 spiro atoms. The first-order valence-electron chi connectivity index (χ1n) is 6.23. The van der Waals surface area contributed by atoms with Gasteiger partial charge in [-0.2, -0.15) is 5.26 Å². The molecule has 2 aliphatic carbocycles. The molecule has 2 heteroatoms. The van der Waals surface area contributed by atoms with Crippen molar-refractivity contribution < 1.29 is 4.79 Å². The number of nitrogens with zero attached hydrogens (tertiary/aromatic N) is 1. The molecule has 0 aromatic heterocycles. The van der Waals surface area contributed by atoms with Crippen LogP contribution in [0.1, 0.15) is 45.4 Å². The highest BCUT2D eigenvalue weighted by Gasteiger charge is 2.55. The summed E-state index contributed by atoms with van der Waals surface area (Å²) in [5, 5.41) is 8.97. The lowest BCUT2D eigenvalue weighted by Crippen LogP contribution is -2.16. The Morgan fingerprint density at radius 3 is 2.47 bits per heavy atom. The van der Waals surface area contributed by atoms with Crippen LogP contribution in [0, 0.1) is 35.0 Å². The van der Waals surface area contributed by atoms with Gasteiger partial charge < -0.3 is 0 Å². The van der Waals surface area contributed by atoms with Crippen LogP contribution in [0.5, 0.6) is 0 Å². The average molecular weight is 205 g/mol. The van der Waals surface area contributed by atoms with E-state index in [1.165, 1.54) is 25.7 Å². The quantitative estimate of drug-likeness (QED) is 0.708. The first kappa shape index (κ1) is 10.7. The maximum absolute atomic E-state index is 12.1. The van der Waals surface area contributed by atoms with Crippen LogP contribution in [0.3, 0.4) is 0 Å². The number of rotatable bonds is 4. The first-order chi connectivity index (χ1) is 7.29. The molecule has 0 bridgehead atoms. The third-order valence-corrected chi connectivity index (χ3v) is 4.06. The number of nitriles is 1. The van der Waals surface area contributed by atoms with Gasteiger partial charge in [0.15, 0.2) is 5.78 Å². The molecule has 0 aliphatic heterocycles. The van der Waals surface area contributed by atoms with Crippen molar-refractivity contribution in [2.24, 2.45) is 23.7 Å². The van der Waals surface area contributed by atoms with E-state index in [2.05, 4.69) is 6.07 Å². The standard InChI is InChI=1S/C13H19NO/c1-2-5-9(8-14)13(15)12-10-6-3-4-7-11(10)12/h9-12H,2-7H2,1H3. The van der Waals surface area contributed by atoms with E-state index >= 15 is 0 Å². The minimum absolute atomic E-state index is 0.260. The maximum Gasteiger partial charge on any atom is 0.153 e. The molecule has 3 atom stereocenters. The van der Waals surface area contributed by atoms with E-state index in [1.54, 1.807) is 0 Å². The Balaban J connectivity index is 1.94. The van der Waals surface area contributed by atoms with Gasteiger partial charge in [-0.25, -0.2) is 0 Å². The summed E-state index contributed by atoms with van der Waals surface area (Å²) in [5.41, 5.74) is 0. The van der Waals surface area contributed by atoms with Crippen molar-refractivity contribution in [3.8, 4) is 6.07 Å². The Labute approximate surface area is 91.7 Å². The Hall–Kier alpha value is -0.840. The van der Waals surface area contributed by atoms with Gasteiger partial charge >= 0.3 is 0 Å². The number of fused-ring (bicyclic) bond motifs is 1. The van der Waals surface area contributed by atoms with Gasteiger partial charge in [-0.15, -0.1) is 0 Å². The minimum atomic E-state index is -0.314. The number of hydrogen-bond donors (Lipinski definition) is 0. The first-order valence-corrected chi connectivity index (χ1v) is 6.23. The maximum atomic E-state index is 12.1. The van der Waals surface area contributed by atoms with E-state index in [1.807, 2.05) is 6.92 Å². The lowest BCUT2D eigenvalue weighted by molar-refractivity contribution is -0.123. The highest BCUT2D eigenvalue weighted by atomic mass is 16.1. The second kappa shape index (κ2) is 4.35. The molecule has 82 valence electrons. The summed E-state index contributed by atoms with van der Waals surface area (Å²) >= 11 is 0. The van der Waals surface area contributed by atoms with Crippen molar-refractivity contribution in [2.45, 2.75) is 45.4 Å². The minimum Gasteiger partial charge on any atom is -0.298 e. The summed E-state index contributed by atoms with van der Waals surface area (Å²) in [6.45, 7) is 2.04. The van der Waals surface area contributed by atoms with Crippen LogP contribution < -0.4 is 0 Å². The van der Waals surface area contributed by atoms with Crippen LogP contribution in [0.2, 0.25) is 0 Å². The molecule has 2 aliphatic rings. The summed E-state index contributed by atoms with van der Waals surface area (Å²) in [7, 11) is 0. The Morgan fingerprint density at radius 2 is 2.00 bits per heavy atom. The normalized spacial score (nSPS) is 35.1. The second-order valence-corrected chi connectivity index (χ2v) is 5.01. The molecule has 0 heterocycles. The predicted octanol–water partition coefficient (Wildman–Crippen LogP) is 2.93. The summed E-state index contributed by atoms with van der Waals surface area (Å²) < 4.78 is 0. The molecule has 2 fully saturated rings. The van der Waals surface area contributed by atoms with E-state index in [4.69, 9.17) is 5.26 Å². The predicted molar refractivity (Wildman–Crippen MR) is 58.0 cm³/mol. The van der Waals surface area contributed by atoms with Crippen molar-refractivity contribution in [3.63, 3.8) is 0 Å². The number of Topliss-reactive ketones (excluding diaryl/α,β-unsaturated/α-hetero) is 1. The Bertz CT molecular complexity index is 279. The van der Waals surface area contributed by atoms with Crippen LogP contribution in [-0.2, 0) is 4.79 Å². The van der Waals surface area contributed by atoms with E-state index < -0.39 is 0 Å².